The summed E-state index contributed by atoms with van der Waals surface area (Å²) in [6.07, 6.45) is 2.93. The molecule has 7 nitrogen and oxygen atoms in total. The molecule has 2 aromatic rings. The molecule has 0 aliphatic carbocycles. The highest BCUT2D eigenvalue weighted by molar-refractivity contribution is 7.92. The van der Waals surface area contributed by atoms with Crippen LogP contribution in [0.2, 0.25) is 0 Å². The standard InChI is InChI=1S/C19H29N3O4S.ClH/c1-5-6-9-26-18-16-10-14(21-27(4,24)25)7-8-15(16)19(23)22(12-13(2)3)17(18)11-20;/h7-8,10,13,21H,5-6,9,11-12,20H2,1-4H3;1H. The summed E-state index contributed by atoms with van der Waals surface area (Å²) in [5.41, 5.74) is 6.85. The number of ether oxygens (including phenoxy) is 1. The third kappa shape index (κ3) is 5.86. The molecule has 0 amide bonds. The fourth-order valence-corrected chi connectivity index (χ4v) is 3.54. The van der Waals surface area contributed by atoms with Crippen molar-refractivity contribution in [3.63, 3.8) is 0 Å². The number of unbranched alkanes of at least 4 members (excludes halogenated alkanes) is 1. The van der Waals surface area contributed by atoms with Crippen LogP contribution < -0.4 is 20.8 Å². The highest BCUT2D eigenvalue weighted by atomic mass is 35.5. The maximum Gasteiger partial charge on any atom is 0.258 e. The maximum atomic E-state index is 13.0. The fourth-order valence-electron chi connectivity index (χ4n) is 2.98. The molecule has 0 saturated heterocycles. The molecule has 0 bridgehead atoms. The van der Waals surface area contributed by atoms with Crippen molar-refractivity contribution in [1.29, 1.82) is 0 Å². The van der Waals surface area contributed by atoms with Crippen molar-refractivity contribution in [2.45, 2.75) is 46.7 Å². The molecule has 2 rings (SSSR count). The first-order valence-corrected chi connectivity index (χ1v) is 11.1. The number of pyridine rings is 1. The fraction of sp³-hybridized carbons (Fsp3) is 0.526. The number of benzene rings is 1. The number of nitrogens with one attached hydrogen (secondary N) is 1. The van der Waals surface area contributed by atoms with Gasteiger partial charge in [-0.2, -0.15) is 0 Å². The molecule has 0 aliphatic rings. The van der Waals surface area contributed by atoms with E-state index < -0.39 is 10.0 Å². The van der Waals surface area contributed by atoms with Gasteiger partial charge in [-0.25, -0.2) is 8.42 Å². The Labute approximate surface area is 172 Å². The van der Waals surface area contributed by atoms with Crippen LogP contribution in [0.4, 0.5) is 5.69 Å². The average Bonchev–Trinajstić information content (AvgIpc) is 2.57. The van der Waals surface area contributed by atoms with E-state index >= 15 is 0 Å². The minimum atomic E-state index is -3.43. The van der Waals surface area contributed by atoms with Crippen molar-refractivity contribution in [3.8, 4) is 5.75 Å². The lowest BCUT2D eigenvalue weighted by atomic mass is 10.1. The molecular formula is C19H30ClN3O4S. The van der Waals surface area contributed by atoms with Gasteiger partial charge in [0.2, 0.25) is 10.0 Å². The van der Waals surface area contributed by atoms with Crippen molar-refractivity contribution in [2.75, 3.05) is 17.6 Å². The zero-order chi connectivity index (χ0) is 20.2. The quantitative estimate of drug-likeness (QED) is 0.594. The summed E-state index contributed by atoms with van der Waals surface area (Å²) in [6, 6.07) is 4.86. The van der Waals surface area contributed by atoms with Crippen LogP contribution in [0.1, 0.15) is 39.3 Å². The average molecular weight is 432 g/mol. The predicted molar refractivity (Wildman–Crippen MR) is 117 cm³/mol. The van der Waals surface area contributed by atoms with Crippen molar-refractivity contribution in [2.24, 2.45) is 11.7 Å². The lowest BCUT2D eigenvalue weighted by Crippen LogP contribution is -2.28. The molecule has 0 radical (unpaired) electrons. The Kier molecular flexibility index (Phi) is 8.78. The smallest absolute Gasteiger partial charge is 0.258 e. The zero-order valence-electron chi connectivity index (χ0n) is 16.8. The predicted octanol–water partition coefficient (Wildman–Crippen LogP) is 3.09. The van der Waals surface area contributed by atoms with Crippen molar-refractivity contribution < 1.29 is 13.2 Å². The van der Waals surface area contributed by atoms with Crippen LogP contribution in [-0.2, 0) is 23.1 Å². The lowest BCUT2D eigenvalue weighted by molar-refractivity contribution is 0.304. The van der Waals surface area contributed by atoms with E-state index in [9.17, 15) is 13.2 Å². The minimum Gasteiger partial charge on any atom is -0.491 e. The molecular weight excluding hydrogens is 402 g/mol. The number of nitrogens with two attached hydrogens (primary N) is 1. The van der Waals surface area contributed by atoms with Crippen LogP contribution in [0.15, 0.2) is 23.0 Å². The molecule has 0 fully saturated rings. The van der Waals surface area contributed by atoms with Gasteiger partial charge < -0.3 is 15.0 Å². The van der Waals surface area contributed by atoms with Gasteiger partial charge in [0.1, 0.15) is 5.75 Å². The number of anilines is 1. The van der Waals surface area contributed by atoms with E-state index in [-0.39, 0.29) is 30.4 Å². The van der Waals surface area contributed by atoms with Crippen molar-refractivity contribution in [1.82, 2.24) is 4.57 Å². The monoisotopic (exact) mass is 431 g/mol. The highest BCUT2D eigenvalue weighted by Gasteiger charge is 2.18. The third-order valence-corrected chi connectivity index (χ3v) is 4.72. The van der Waals surface area contributed by atoms with Gasteiger partial charge in [-0.3, -0.25) is 9.52 Å². The molecule has 0 saturated carbocycles. The Bertz CT molecular complexity index is 971. The molecule has 9 heteroatoms. The van der Waals surface area contributed by atoms with Crippen LogP contribution in [0.5, 0.6) is 5.75 Å². The summed E-state index contributed by atoms with van der Waals surface area (Å²) in [5.74, 6) is 0.818. The molecule has 1 aromatic heterocycles. The van der Waals surface area contributed by atoms with Crippen LogP contribution in [0.3, 0.4) is 0 Å². The van der Waals surface area contributed by atoms with Gasteiger partial charge >= 0.3 is 0 Å². The Hall–Kier alpha value is -1.77. The SMILES string of the molecule is CCCCOc1c(CN)n(CC(C)C)c(=O)c2ccc(NS(C)(=O)=O)cc12.Cl. The summed E-state index contributed by atoms with van der Waals surface area (Å²) < 4.78 is 33.3. The number of sulfonamides is 1. The number of nitrogens with zero attached hydrogens (tertiary/aromatic N) is 1. The number of aromatic nitrogens is 1. The summed E-state index contributed by atoms with van der Waals surface area (Å²) in [5, 5.41) is 1.06. The molecule has 0 atom stereocenters. The third-order valence-electron chi connectivity index (χ3n) is 4.12. The van der Waals surface area contributed by atoms with E-state index in [0.717, 1.165) is 19.1 Å². The van der Waals surface area contributed by atoms with Gasteiger partial charge in [0.25, 0.3) is 5.56 Å². The molecule has 0 unspecified atom stereocenters. The Balaban J connectivity index is 0.00000392. The van der Waals surface area contributed by atoms with Gasteiger partial charge in [-0.1, -0.05) is 27.2 Å². The van der Waals surface area contributed by atoms with Gasteiger partial charge in [-0.05, 0) is 30.5 Å². The van der Waals surface area contributed by atoms with E-state index in [0.29, 0.717) is 41.1 Å². The number of hydrogen-bond donors (Lipinski definition) is 2. The molecule has 1 aromatic carbocycles. The van der Waals surface area contributed by atoms with Gasteiger partial charge in [0.15, 0.2) is 0 Å². The highest BCUT2D eigenvalue weighted by Crippen LogP contribution is 2.31. The number of fused-ring (bicyclic) bond motifs is 1. The summed E-state index contributed by atoms with van der Waals surface area (Å²) in [7, 11) is -3.43. The normalized spacial score (nSPS) is 11.5. The van der Waals surface area contributed by atoms with Crippen molar-refractivity contribution >= 4 is 38.9 Å². The van der Waals surface area contributed by atoms with E-state index in [1.165, 1.54) is 0 Å². The Morgan fingerprint density at radius 1 is 1.25 bits per heavy atom. The lowest BCUT2D eigenvalue weighted by Gasteiger charge is -2.21. The topological polar surface area (TPSA) is 103 Å². The van der Waals surface area contributed by atoms with Gasteiger partial charge in [0.05, 0.1) is 23.9 Å². The molecule has 0 aliphatic heterocycles. The van der Waals surface area contributed by atoms with Crippen LogP contribution in [-0.4, -0.2) is 25.8 Å². The van der Waals surface area contributed by atoms with Gasteiger partial charge in [-0.15, -0.1) is 12.4 Å². The number of halogens is 1. The van der Waals surface area contributed by atoms with E-state index in [1.54, 1.807) is 22.8 Å². The van der Waals surface area contributed by atoms with Crippen molar-refractivity contribution in [3.05, 3.63) is 34.2 Å². The second-order valence-corrected chi connectivity index (χ2v) is 8.87. The van der Waals surface area contributed by atoms with Crippen LogP contribution in [0, 0.1) is 5.92 Å². The maximum absolute atomic E-state index is 13.0. The van der Waals surface area contributed by atoms with E-state index in [1.807, 2.05) is 13.8 Å². The summed E-state index contributed by atoms with van der Waals surface area (Å²) >= 11 is 0. The molecule has 3 N–H and O–H groups in total. The zero-order valence-corrected chi connectivity index (χ0v) is 18.5. The first-order valence-electron chi connectivity index (χ1n) is 9.18. The summed E-state index contributed by atoms with van der Waals surface area (Å²) in [4.78, 5) is 13.0. The van der Waals surface area contributed by atoms with E-state index in [4.69, 9.17) is 10.5 Å². The molecule has 158 valence electrons. The van der Waals surface area contributed by atoms with Crippen LogP contribution in [0.25, 0.3) is 10.8 Å². The van der Waals surface area contributed by atoms with E-state index in [2.05, 4.69) is 11.6 Å². The summed E-state index contributed by atoms with van der Waals surface area (Å²) in [6.45, 7) is 7.33. The van der Waals surface area contributed by atoms with Gasteiger partial charge in [0, 0.05) is 24.2 Å². The minimum absolute atomic E-state index is 0. The molecule has 1 heterocycles. The number of hydrogen-bond acceptors (Lipinski definition) is 5. The second-order valence-electron chi connectivity index (χ2n) is 7.13. The Morgan fingerprint density at radius 3 is 2.46 bits per heavy atom. The second kappa shape index (κ2) is 10.1. The largest absolute Gasteiger partial charge is 0.491 e. The first-order chi connectivity index (χ1) is 12.7. The molecule has 0 spiro atoms. The first kappa shape index (κ1) is 24.3. The number of rotatable bonds is 9. The Morgan fingerprint density at radius 2 is 1.93 bits per heavy atom. The van der Waals surface area contributed by atoms with Crippen LogP contribution >= 0.6 is 12.4 Å². The molecule has 28 heavy (non-hydrogen) atoms.